The van der Waals surface area contributed by atoms with E-state index in [1.165, 1.54) is 55.9 Å². The molecule has 0 aliphatic carbocycles. The highest BCUT2D eigenvalue weighted by Crippen LogP contribution is 2.33. The van der Waals surface area contributed by atoms with Crippen LogP contribution in [0, 0.1) is 6.92 Å². The summed E-state index contributed by atoms with van der Waals surface area (Å²) in [6.07, 6.45) is -0.760. The molecule has 0 aliphatic heterocycles. The van der Waals surface area contributed by atoms with E-state index in [-0.39, 0.29) is 28.7 Å². The van der Waals surface area contributed by atoms with Crippen LogP contribution in [0.25, 0.3) is 11.1 Å². The molecule has 208 valence electrons. The van der Waals surface area contributed by atoms with Gasteiger partial charge in [-0.15, -0.1) is 0 Å². The van der Waals surface area contributed by atoms with Gasteiger partial charge in [-0.3, -0.25) is 9.59 Å². The molecule has 1 amide bonds. The van der Waals surface area contributed by atoms with Crippen LogP contribution in [-0.4, -0.2) is 42.6 Å². The maximum atomic E-state index is 13.8. The molecule has 2 aromatic heterocycles. The normalized spacial score (nSPS) is 11.8. The zero-order chi connectivity index (χ0) is 29.2. The first-order valence-electron chi connectivity index (χ1n) is 11.7. The summed E-state index contributed by atoms with van der Waals surface area (Å²) in [4.78, 5) is 38.5. The van der Waals surface area contributed by atoms with Crippen molar-refractivity contribution in [2.45, 2.75) is 24.5 Å². The highest BCUT2D eigenvalue weighted by atomic mass is 32.2. The molecule has 2 heterocycles. The molecule has 9 nitrogen and oxygen atoms in total. The molecule has 0 bridgehead atoms. The van der Waals surface area contributed by atoms with Gasteiger partial charge >= 0.3 is 12.2 Å². The molecule has 0 radical (unpaired) electrons. The summed E-state index contributed by atoms with van der Waals surface area (Å²) in [6, 6.07) is 11.2. The third-order valence-electron chi connectivity index (χ3n) is 6.01. The number of halogens is 3. The van der Waals surface area contributed by atoms with Crippen molar-refractivity contribution < 1.29 is 31.1 Å². The molecule has 0 saturated carbocycles. The molecular formula is C27H23F3N4O5S. The number of aromatic nitrogens is 3. The van der Waals surface area contributed by atoms with E-state index in [2.05, 4.69) is 15.0 Å². The molecule has 40 heavy (non-hydrogen) atoms. The Bertz CT molecular complexity index is 1720. The predicted molar refractivity (Wildman–Crippen MR) is 141 cm³/mol. The first-order valence-corrected chi connectivity index (χ1v) is 13.6. The smallest absolute Gasteiger partial charge is 0.416 e. The maximum Gasteiger partial charge on any atom is 0.416 e. The molecule has 2 aromatic carbocycles. The van der Waals surface area contributed by atoms with Crippen LogP contribution in [0.5, 0.6) is 6.01 Å². The molecule has 0 aliphatic rings. The van der Waals surface area contributed by atoms with Crippen molar-refractivity contribution in [3.63, 3.8) is 0 Å². The number of aryl methyl sites for hydroxylation is 1. The summed E-state index contributed by atoms with van der Waals surface area (Å²) in [5, 5.41) is 0. The first-order chi connectivity index (χ1) is 18.8. The van der Waals surface area contributed by atoms with Crippen molar-refractivity contribution in [2.75, 3.05) is 18.3 Å². The van der Waals surface area contributed by atoms with Crippen LogP contribution in [0.2, 0.25) is 0 Å². The fraction of sp³-hybridized carbons (Fsp3) is 0.185. The fourth-order valence-corrected chi connectivity index (χ4v) is 4.57. The summed E-state index contributed by atoms with van der Waals surface area (Å²) in [5.74, 6) is -0.872. The molecule has 13 heteroatoms. The molecule has 4 rings (SSSR count). The second-order valence-corrected chi connectivity index (χ2v) is 10.9. The SMILES string of the molecule is COc1ncc(-c2cc(C(=O)N(Cc3ccc(S(C)(=O)=O)cc3)c3cccc(C(F)(F)F)c3)c(=O)[nH]c2C)cn1. The van der Waals surface area contributed by atoms with E-state index in [1.54, 1.807) is 6.92 Å². The lowest BCUT2D eigenvalue weighted by Gasteiger charge is -2.24. The second kappa shape index (κ2) is 10.9. The minimum absolute atomic E-state index is 0.0366. The standard InChI is InChI=1S/C27H23F3N4O5S/c1-16-22(18-13-31-26(39-2)32-14-18)12-23(24(35)33-16)25(36)34(20-6-4-5-19(11-20)27(28,29)30)15-17-7-9-21(10-8-17)40(3,37)38/h4-14H,15H2,1-3H3,(H,33,35). The Morgan fingerprint density at radius 3 is 2.27 bits per heavy atom. The van der Waals surface area contributed by atoms with E-state index < -0.39 is 33.0 Å². The van der Waals surface area contributed by atoms with Gasteiger partial charge in [-0.2, -0.15) is 13.2 Å². The number of nitrogens with zero attached hydrogens (tertiary/aromatic N) is 3. The zero-order valence-corrected chi connectivity index (χ0v) is 22.3. The number of anilines is 1. The third-order valence-corrected chi connectivity index (χ3v) is 7.14. The van der Waals surface area contributed by atoms with E-state index in [0.717, 1.165) is 29.4 Å². The second-order valence-electron chi connectivity index (χ2n) is 8.86. The van der Waals surface area contributed by atoms with E-state index in [0.29, 0.717) is 22.4 Å². The number of ether oxygens (including phenoxy) is 1. The minimum atomic E-state index is -4.68. The number of carbonyl (C=O) groups excluding carboxylic acids is 1. The number of alkyl halides is 3. The van der Waals surface area contributed by atoms with Crippen LogP contribution in [0.1, 0.15) is 27.2 Å². The van der Waals surface area contributed by atoms with Gasteiger partial charge in [-0.25, -0.2) is 18.4 Å². The largest absolute Gasteiger partial charge is 0.467 e. The van der Waals surface area contributed by atoms with Crippen molar-refractivity contribution in [3.8, 4) is 17.1 Å². The molecule has 0 spiro atoms. The first kappa shape index (κ1) is 28.5. The number of hydrogen-bond acceptors (Lipinski definition) is 7. The number of nitrogens with one attached hydrogen (secondary N) is 1. The average Bonchev–Trinajstić information content (AvgIpc) is 2.91. The highest BCUT2D eigenvalue weighted by Gasteiger charge is 2.32. The van der Waals surface area contributed by atoms with Crippen molar-refractivity contribution in [1.82, 2.24) is 15.0 Å². The predicted octanol–water partition coefficient (Wildman–Crippen LogP) is 4.42. The summed E-state index contributed by atoms with van der Waals surface area (Å²) >= 11 is 0. The minimum Gasteiger partial charge on any atom is -0.467 e. The van der Waals surface area contributed by atoms with Gasteiger partial charge in [0, 0.05) is 41.2 Å². The Kier molecular flexibility index (Phi) is 7.78. The number of H-pyrrole nitrogens is 1. The number of benzene rings is 2. The van der Waals surface area contributed by atoms with Crippen molar-refractivity contribution in [1.29, 1.82) is 0 Å². The van der Waals surface area contributed by atoms with Crippen LogP contribution in [0.15, 0.2) is 76.7 Å². The number of hydrogen-bond donors (Lipinski definition) is 1. The van der Waals surface area contributed by atoms with Gasteiger partial charge in [0.2, 0.25) is 0 Å². The average molecular weight is 573 g/mol. The van der Waals surface area contributed by atoms with Gasteiger partial charge in [-0.05, 0) is 48.9 Å². The lowest BCUT2D eigenvalue weighted by atomic mass is 10.0. The molecule has 1 N–H and O–H groups in total. The number of carbonyl (C=O) groups is 1. The van der Waals surface area contributed by atoms with E-state index >= 15 is 0 Å². The summed E-state index contributed by atoms with van der Waals surface area (Å²) in [7, 11) is -2.10. The Hall–Kier alpha value is -4.52. The van der Waals surface area contributed by atoms with E-state index in [9.17, 15) is 31.2 Å². The summed E-state index contributed by atoms with van der Waals surface area (Å²) in [5.41, 5.74) is -0.447. The number of pyridine rings is 1. The van der Waals surface area contributed by atoms with Crippen molar-refractivity contribution in [3.05, 3.63) is 99.7 Å². The molecule has 0 atom stereocenters. The number of aromatic amines is 1. The van der Waals surface area contributed by atoms with E-state index in [4.69, 9.17) is 4.74 Å². The van der Waals surface area contributed by atoms with Crippen LogP contribution in [-0.2, 0) is 22.6 Å². The number of rotatable bonds is 7. The lowest BCUT2D eigenvalue weighted by Crippen LogP contribution is -2.35. The van der Waals surface area contributed by atoms with Crippen LogP contribution >= 0.6 is 0 Å². The zero-order valence-electron chi connectivity index (χ0n) is 21.5. The molecule has 4 aromatic rings. The summed E-state index contributed by atoms with van der Waals surface area (Å²) < 4.78 is 69.1. The fourth-order valence-electron chi connectivity index (χ4n) is 3.94. The number of sulfone groups is 1. The van der Waals surface area contributed by atoms with Crippen LogP contribution < -0.4 is 15.2 Å². The number of amides is 1. The third kappa shape index (κ3) is 6.20. The van der Waals surface area contributed by atoms with Gasteiger partial charge in [0.15, 0.2) is 9.84 Å². The van der Waals surface area contributed by atoms with Crippen LogP contribution in [0.3, 0.4) is 0 Å². The van der Waals surface area contributed by atoms with Crippen molar-refractivity contribution >= 4 is 21.4 Å². The Balaban J connectivity index is 1.82. The Morgan fingerprint density at radius 2 is 1.70 bits per heavy atom. The lowest BCUT2D eigenvalue weighted by molar-refractivity contribution is -0.137. The Morgan fingerprint density at radius 1 is 1.05 bits per heavy atom. The molecule has 0 fully saturated rings. The van der Waals surface area contributed by atoms with Crippen LogP contribution in [0.4, 0.5) is 18.9 Å². The van der Waals surface area contributed by atoms with Gasteiger partial charge in [0.25, 0.3) is 11.5 Å². The van der Waals surface area contributed by atoms with Gasteiger partial charge < -0.3 is 14.6 Å². The summed E-state index contributed by atoms with van der Waals surface area (Å²) in [6.45, 7) is 1.36. The molecular weight excluding hydrogens is 549 g/mol. The molecule has 0 saturated heterocycles. The van der Waals surface area contributed by atoms with Gasteiger partial charge in [-0.1, -0.05) is 18.2 Å². The maximum absolute atomic E-state index is 13.8. The van der Waals surface area contributed by atoms with Gasteiger partial charge in [0.1, 0.15) is 5.56 Å². The monoisotopic (exact) mass is 572 g/mol. The topological polar surface area (TPSA) is 122 Å². The van der Waals surface area contributed by atoms with E-state index in [1.807, 2.05) is 0 Å². The quantitative estimate of drug-likeness (QED) is 0.348. The molecule has 0 unspecified atom stereocenters. The Labute approximate surface area is 227 Å². The highest BCUT2D eigenvalue weighted by molar-refractivity contribution is 7.90. The van der Waals surface area contributed by atoms with Crippen molar-refractivity contribution in [2.24, 2.45) is 0 Å². The van der Waals surface area contributed by atoms with Gasteiger partial charge in [0.05, 0.1) is 24.1 Å². The number of methoxy groups -OCH3 is 1.